The van der Waals surface area contributed by atoms with Crippen LogP contribution in [0.25, 0.3) is 10.8 Å². The Morgan fingerprint density at radius 3 is 2.44 bits per heavy atom. The summed E-state index contributed by atoms with van der Waals surface area (Å²) >= 11 is 0. The molecule has 0 aromatic heterocycles. The minimum absolute atomic E-state index is 0.295. The third-order valence-electron chi connectivity index (χ3n) is 4.83. The van der Waals surface area contributed by atoms with E-state index in [0.29, 0.717) is 29.2 Å². The van der Waals surface area contributed by atoms with E-state index in [1.807, 2.05) is 31.2 Å². The highest BCUT2D eigenvalue weighted by Gasteiger charge is 2.41. The van der Waals surface area contributed by atoms with E-state index in [4.69, 9.17) is 4.74 Å². The molecular formula is C23H20NO3. The van der Waals surface area contributed by atoms with Gasteiger partial charge < -0.3 is 4.74 Å². The lowest BCUT2D eigenvalue weighted by molar-refractivity contribution is 0.0925. The van der Waals surface area contributed by atoms with E-state index in [0.717, 1.165) is 29.2 Å². The van der Waals surface area contributed by atoms with Crippen LogP contribution in [-0.2, 0) is 6.42 Å². The van der Waals surface area contributed by atoms with Crippen LogP contribution in [-0.4, -0.2) is 18.4 Å². The van der Waals surface area contributed by atoms with Crippen molar-refractivity contribution in [2.45, 2.75) is 26.7 Å². The monoisotopic (exact) mass is 358 g/mol. The van der Waals surface area contributed by atoms with Gasteiger partial charge in [-0.3, -0.25) is 9.59 Å². The van der Waals surface area contributed by atoms with E-state index >= 15 is 0 Å². The number of benzene rings is 3. The van der Waals surface area contributed by atoms with E-state index in [-0.39, 0.29) is 11.8 Å². The maximum absolute atomic E-state index is 13.4. The van der Waals surface area contributed by atoms with Gasteiger partial charge in [-0.05, 0) is 53.9 Å². The van der Waals surface area contributed by atoms with Gasteiger partial charge in [-0.15, -0.1) is 0 Å². The zero-order valence-electron chi connectivity index (χ0n) is 15.4. The van der Waals surface area contributed by atoms with E-state index in [1.165, 1.54) is 4.90 Å². The summed E-state index contributed by atoms with van der Waals surface area (Å²) < 4.78 is 5.75. The van der Waals surface area contributed by atoms with Crippen molar-refractivity contribution in [2.75, 3.05) is 11.5 Å². The number of carbonyl (C=O) groups is 2. The number of anilines is 1. The fraction of sp³-hybridized carbons (Fsp3) is 0.217. The second-order valence-corrected chi connectivity index (χ2v) is 6.53. The molecule has 0 unspecified atom stereocenters. The highest BCUT2D eigenvalue weighted by molar-refractivity contribution is 6.38. The maximum Gasteiger partial charge on any atom is 0.269 e. The SMILES string of the molecule is CCCc1cccc2cc(OCC)c3c(c12)C(=O)N(c1cc[c]cc1)C3=O. The first-order chi connectivity index (χ1) is 13.2. The van der Waals surface area contributed by atoms with Gasteiger partial charge in [0.1, 0.15) is 5.75 Å². The summed E-state index contributed by atoms with van der Waals surface area (Å²) in [5.41, 5.74) is 2.45. The molecule has 1 aliphatic rings. The van der Waals surface area contributed by atoms with Crippen LogP contribution in [0.1, 0.15) is 46.5 Å². The molecule has 1 heterocycles. The standard InChI is InChI=1S/C23H20NO3/c1-3-9-15-10-8-11-16-14-18(27-4-2)20-21(19(15)16)23(26)24(22(20)25)17-12-6-5-7-13-17/h6-8,10-14H,3-4,9H2,1-2H3. The van der Waals surface area contributed by atoms with Gasteiger partial charge in [0, 0.05) is 0 Å². The Balaban J connectivity index is 2.02. The summed E-state index contributed by atoms with van der Waals surface area (Å²) in [5, 5.41) is 1.79. The Bertz CT molecular complexity index is 1040. The summed E-state index contributed by atoms with van der Waals surface area (Å²) in [5.74, 6) is -0.161. The Kier molecular flexibility index (Phi) is 4.40. The van der Waals surface area contributed by atoms with Crippen molar-refractivity contribution in [1.29, 1.82) is 0 Å². The molecule has 0 bridgehead atoms. The first kappa shape index (κ1) is 17.3. The van der Waals surface area contributed by atoms with Crippen molar-refractivity contribution in [2.24, 2.45) is 0 Å². The van der Waals surface area contributed by atoms with Crippen LogP contribution in [0.15, 0.2) is 48.5 Å². The van der Waals surface area contributed by atoms with Crippen LogP contribution >= 0.6 is 0 Å². The molecule has 0 aliphatic carbocycles. The fourth-order valence-corrected chi connectivity index (χ4v) is 3.76. The summed E-state index contributed by atoms with van der Waals surface area (Å²) in [6.45, 7) is 4.40. The lowest BCUT2D eigenvalue weighted by atomic mass is 9.93. The van der Waals surface area contributed by atoms with Crippen molar-refractivity contribution in [3.05, 3.63) is 71.3 Å². The molecule has 0 fully saturated rings. The number of nitrogens with zero attached hydrogens (tertiary/aromatic N) is 1. The van der Waals surface area contributed by atoms with E-state index in [2.05, 4.69) is 13.0 Å². The molecular weight excluding hydrogens is 338 g/mol. The molecule has 3 aromatic rings. The number of hydrogen-bond donors (Lipinski definition) is 0. The zero-order valence-corrected chi connectivity index (χ0v) is 15.4. The summed E-state index contributed by atoms with van der Waals surface area (Å²) in [6, 6.07) is 17.6. The van der Waals surface area contributed by atoms with Gasteiger partial charge in [0.2, 0.25) is 0 Å². The van der Waals surface area contributed by atoms with Crippen LogP contribution in [0.3, 0.4) is 0 Å². The van der Waals surface area contributed by atoms with E-state index in [9.17, 15) is 9.59 Å². The second-order valence-electron chi connectivity index (χ2n) is 6.53. The quantitative estimate of drug-likeness (QED) is 0.616. The summed E-state index contributed by atoms with van der Waals surface area (Å²) in [4.78, 5) is 27.8. The highest BCUT2D eigenvalue weighted by Crippen LogP contribution is 2.40. The largest absolute Gasteiger partial charge is 0.493 e. The number of aryl methyl sites for hydroxylation is 1. The molecule has 4 heteroatoms. The predicted molar refractivity (Wildman–Crippen MR) is 106 cm³/mol. The minimum Gasteiger partial charge on any atom is -0.493 e. The smallest absolute Gasteiger partial charge is 0.269 e. The van der Waals surface area contributed by atoms with E-state index < -0.39 is 0 Å². The molecule has 0 N–H and O–H groups in total. The Hall–Kier alpha value is -3.14. The van der Waals surface area contributed by atoms with Gasteiger partial charge in [0.15, 0.2) is 0 Å². The topological polar surface area (TPSA) is 46.6 Å². The number of hydrogen-bond acceptors (Lipinski definition) is 3. The summed E-state index contributed by atoms with van der Waals surface area (Å²) in [6.07, 6.45) is 1.81. The Morgan fingerprint density at radius 2 is 1.74 bits per heavy atom. The Morgan fingerprint density at radius 1 is 1.00 bits per heavy atom. The van der Waals surface area contributed by atoms with Crippen molar-refractivity contribution >= 4 is 28.3 Å². The molecule has 2 amide bonds. The van der Waals surface area contributed by atoms with Crippen molar-refractivity contribution in [3.63, 3.8) is 0 Å². The van der Waals surface area contributed by atoms with Crippen molar-refractivity contribution < 1.29 is 14.3 Å². The van der Waals surface area contributed by atoms with Gasteiger partial charge in [-0.1, -0.05) is 43.7 Å². The number of carbonyl (C=O) groups excluding carboxylic acids is 2. The second kappa shape index (κ2) is 6.88. The molecule has 0 atom stereocenters. The number of fused-ring (bicyclic) bond motifs is 3. The summed E-state index contributed by atoms with van der Waals surface area (Å²) in [7, 11) is 0. The lowest BCUT2D eigenvalue weighted by Crippen LogP contribution is -2.29. The number of imide groups is 1. The molecule has 135 valence electrons. The van der Waals surface area contributed by atoms with Gasteiger partial charge in [-0.25, -0.2) is 4.90 Å². The van der Waals surface area contributed by atoms with Crippen molar-refractivity contribution in [1.82, 2.24) is 0 Å². The molecule has 1 radical (unpaired) electrons. The van der Waals surface area contributed by atoms with Crippen LogP contribution < -0.4 is 9.64 Å². The van der Waals surface area contributed by atoms with E-state index in [1.54, 1.807) is 24.3 Å². The van der Waals surface area contributed by atoms with Crippen LogP contribution in [0.4, 0.5) is 5.69 Å². The number of ether oxygens (including phenoxy) is 1. The maximum atomic E-state index is 13.4. The highest BCUT2D eigenvalue weighted by atomic mass is 16.5. The van der Waals surface area contributed by atoms with Gasteiger partial charge in [0.25, 0.3) is 11.8 Å². The number of amides is 2. The molecule has 4 nitrogen and oxygen atoms in total. The number of rotatable bonds is 5. The van der Waals surface area contributed by atoms with Crippen LogP contribution in [0.5, 0.6) is 5.75 Å². The van der Waals surface area contributed by atoms with Gasteiger partial charge in [0.05, 0.1) is 23.4 Å². The van der Waals surface area contributed by atoms with Gasteiger partial charge >= 0.3 is 0 Å². The van der Waals surface area contributed by atoms with Crippen LogP contribution in [0, 0.1) is 6.07 Å². The molecule has 3 aromatic carbocycles. The molecule has 27 heavy (non-hydrogen) atoms. The lowest BCUT2D eigenvalue weighted by Gasteiger charge is -2.13. The molecule has 0 saturated heterocycles. The van der Waals surface area contributed by atoms with Gasteiger partial charge in [-0.2, -0.15) is 0 Å². The van der Waals surface area contributed by atoms with Crippen LogP contribution in [0.2, 0.25) is 0 Å². The Labute approximate surface area is 158 Å². The zero-order chi connectivity index (χ0) is 19.0. The first-order valence-electron chi connectivity index (χ1n) is 9.23. The molecule has 1 aliphatic heterocycles. The molecule has 0 saturated carbocycles. The third kappa shape index (κ3) is 2.69. The predicted octanol–water partition coefficient (Wildman–Crippen LogP) is 4.79. The first-order valence-corrected chi connectivity index (χ1v) is 9.23. The third-order valence-corrected chi connectivity index (χ3v) is 4.83. The van der Waals surface area contributed by atoms with Crippen molar-refractivity contribution in [3.8, 4) is 5.75 Å². The minimum atomic E-state index is -0.335. The molecule has 4 rings (SSSR count). The fourth-order valence-electron chi connectivity index (χ4n) is 3.76. The average Bonchev–Trinajstić information content (AvgIpc) is 2.94. The average molecular weight is 358 g/mol. The molecule has 0 spiro atoms. The normalized spacial score (nSPS) is 13.3.